The minimum atomic E-state index is -0.0533. The van der Waals surface area contributed by atoms with Gasteiger partial charge in [0, 0.05) is 58.5 Å². The van der Waals surface area contributed by atoms with Crippen LogP contribution in [-0.4, -0.2) is 73.3 Å². The summed E-state index contributed by atoms with van der Waals surface area (Å²) in [5, 5.41) is 7.14. The number of hydrogen-bond donors (Lipinski definition) is 1. The largest absolute Gasteiger partial charge is 0.377 e. The highest BCUT2D eigenvalue weighted by Crippen LogP contribution is 2.18. The molecule has 1 aromatic heterocycles. The average Bonchev–Trinajstić information content (AvgIpc) is 2.87. The number of amides is 1. The van der Waals surface area contributed by atoms with Crippen LogP contribution in [0.1, 0.15) is 16.2 Å². The predicted molar refractivity (Wildman–Crippen MR) is 71.4 cm³/mol. The van der Waals surface area contributed by atoms with Crippen LogP contribution in [0.15, 0.2) is 10.6 Å². The lowest BCUT2D eigenvalue weighted by molar-refractivity contribution is 0.0219. The maximum atomic E-state index is 12.2. The highest BCUT2D eigenvalue weighted by atomic mass is 16.5. The van der Waals surface area contributed by atoms with Crippen molar-refractivity contribution in [2.75, 3.05) is 46.4 Å². The highest BCUT2D eigenvalue weighted by molar-refractivity contribution is 5.92. The molecule has 2 fully saturated rings. The van der Waals surface area contributed by atoms with E-state index in [1.54, 1.807) is 13.2 Å². The van der Waals surface area contributed by atoms with Gasteiger partial charge in [-0.2, -0.15) is 0 Å². The van der Waals surface area contributed by atoms with Crippen molar-refractivity contribution < 1.29 is 14.1 Å². The molecule has 20 heavy (non-hydrogen) atoms. The molecule has 0 atom stereocenters. The van der Waals surface area contributed by atoms with Crippen molar-refractivity contribution in [3.63, 3.8) is 0 Å². The Morgan fingerprint density at radius 2 is 2.25 bits per heavy atom. The number of piperazine rings is 1. The molecule has 1 amide bonds. The lowest BCUT2D eigenvalue weighted by atomic mass is 10.1. The summed E-state index contributed by atoms with van der Waals surface area (Å²) < 4.78 is 9.99. The molecule has 0 unspecified atom stereocenters. The molecular formula is C13H20N4O3. The second kappa shape index (κ2) is 5.90. The number of likely N-dealkylation sites (tertiary alicyclic amines) is 1. The number of methoxy groups -OCH3 is 1. The first-order chi connectivity index (χ1) is 9.78. The molecular weight excluding hydrogens is 260 g/mol. The molecule has 1 aromatic rings. The lowest BCUT2D eigenvalue weighted by Crippen LogP contribution is -2.63. The SMILES string of the molecule is COCc1cc(C(=O)N2CC(N3CCNCC3)C2)no1. The molecule has 3 rings (SSSR count). The summed E-state index contributed by atoms with van der Waals surface area (Å²) in [4.78, 5) is 16.5. The van der Waals surface area contributed by atoms with Gasteiger partial charge in [-0.1, -0.05) is 5.16 Å². The first kappa shape index (κ1) is 13.5. The fourth-order valence-corrected chi connectivity index (χ4v) is 2.69. The Balaban J connectivity index is 1.51. The first-order valence-electron chi connectivity index (χ1n) is 6.96. The standard InChI is InChI=1S/C13H20N4O3/c1-19-9-11-6-12(15-20-11)13(18)17-7-10(8-17)16-4-2-14-3-5-16/h6,10,14H,2-5,7-9H2,1H3. The Hall–Kier alpha value is -1.44. The summed E-state index contributed by atoms with van der Waals surface area (Å²) in [7, 11) is 1.58. The molecule has 2 saturated heterocycles. The van der Waals surface area contributed by atoms with Crippen LogP contribution >= 0.6 is 0 Å². The number of ether oxygens (including phenoxy) is 1. The van der Waals surface area contributed by atoms with Crippen molar-refractivity contribution in [1.29, 1.82) is 0 Å². The molecule has 0 aromatic carbocycles. The van der Waals surface area contributed by atoms with E-state index in [1.165, 1.54) is 0 Å². The first-order valence-corrected chi connectivity index (χ1v) is 6.96. The van der Waals surface area contributed by atoms with Gasteiger partial charge >= 0.3 is 0 Å². The Kier molecular flexibility index (Phi) is 4.00. The lowest BCUT2D eigenvalue weighted by Gasteiger charge is -2.46. The molecule has 0 spiro atoms. The fraction of sp³-hybridized carbons (Fsp3) is 0.692. The predicted octanol–water partition coefficient (Wildman–Crippen LogP) is -0.449. The summed E-state index contributed by atoms with van der Waals surface area (Å²) in [6, 6.07) is 2.15. The Bertz CT molecular complexity index is 464. The van der Waals surface area contributed by atoms with Crippen molar-refractivity contribution >= 4 is 5.91 Å². The molecule has 110 valence electrons. The van der Waals surface area contributed by atoms with Crippen LogP contribution in [0.25, 0.3) is 0 Å². The summed E-state index contributed by atoms with van der Waals surface area (Å²) >= 11 is 0. The zero-order valence-electron chi connectivity index (χ0n) is 11.7. The Morgan fingerprint density at radius 1 is 1.50 bits per heavy atom. The van der Waals surface area contributed by atoms with Crippen molar-refractivity contribution in [3.05, 3.63) is 17.5 Å². The minimum absolute atomic E-state index is 0.0533. The highest BCUT2D eigenvalue weighted by Gasteiger charge is 2.36. The van der Waals surface area contributed by atoms with Gasteiger partial charge in [0.15, 0.2) is 11.5 Å². The Morgan fingerprint density at radius 3 is 2.95 bits per heavy atom. The van der Waals surface area contributed by atoms with Gasteiger partial charge in [-0.05, 0) is 0 Å². The van der Waals surface area contributed by atoms with Crippen LogP contribution < -0.4 is 5.32 Å². The van der Waals surface area contributed by atoms with Gasteiger partial charge in [-0.15, -0.1) is 0 Å². The number of nitrogens with one attached hydrogen (secondary N) is 1. The van der Waals surface area contributed by atoms with E-state index in [1.807, 2.05) is 4.90 Å². The van der Waals surface area contributed by atoms with Gasteiger partial charge in [0.2, 0.25) is 0 Å². The third-order valence-corrected chi connectivity index (χ3v) is 3.88. The van der Waals surface area contributed by atoms with Crippen LogP contribution in [0.5, 0.6) is 0 Å². The van der Waals surface area contributed by atoms with E-state index in [2.05, 4.69) is 15.4 Å². The van der Waals surface area contributed by atoms with Crippen molar-refractivity contribution in [2.45, 2.75) is 12.6 Å². The second-order valence-corrected chi connectivity index (χ2v) is 5.26. The van der Waals surface area contributed by atoms with Crippen molar-refractivity contribution in [1.82, 2.24) is 20.3 Å². The van der Waals surface area contributed by atoms with E-state index in [4.69, 9.17) is 9.26 Å². The van der Waals surface area contributed by atoms with Gasteiger partial charge in [0.25, 0.3) is 5.91 Å². The summed E-state index contributed by atoms with van der Waals surface area (Å²) in [6.45, 7) is 6.10. The number of hydrogen-bond acceptors (Lipinski definition) is 6. The normalized spacial score (nSPS) is 20.9. The Labute approximate surface area is 117 Å². The van der Waals surface area contributed by atoms with E-state index < -0.39 is 0 Å². The van der Waals surface area contributed by atoms with E-state index in [-0.39, 0.29) is 5.91 Å². The molecule has 7 heteroatoms. The second-order valence-electron chi connectivity index (χ2n) is 5.26. The van der Waals surface area contributed by atoms with Gasteiger partial charge < -0.3 is 19.5 Å². The van der Waals surface area contributed by atoms with Gasteiger partial charge in [-0.3, -0.25) is 9.69 Å². The van der Waals surface area contributed by atoms with Crippen LogP contribution in [0.2, 0.25) is 0 Å². The summed E-state index contributed by atoms with van der Waals surface area (Å²) in [5.41, 5.74) is 0.371. The monoisotopic (exact) mass is 280 g/mol. The smallest absolute Gasteiger partial charge is 0.276 e. The molecule has 2 aliphatic heterocycles. The number of carbonyl (C=O) groups excluding carboxylic acids is 1. The van der Waals surface area contributed by atoms with Crippen LogP contribution in [0.4, 0.5) is 0 Å². The van der Waals surface area contributed by atoms with E-state index in [9.17, 15) is 4.79 Å². The molecule has 0 bridgehead atoms. The summed E-state index contributed by atoms with van der Waals surface area (Å²) in [5.74, 6) is 0.525. The fourth-order valence-electron chi connectivity index (χ4n) is 2.69. The number of nitrogens with zero attached hydrogens (tertiary/aromatic N) is 3. The molecule has 2 aliphatic rings. The van der Waals surface area contributed by atoms with E-state index >= 15 is 0 Å². The number of carbonyl (C=O) groups is 1. The van der Waals surface area contributed by atoms with Gasteiger partial charge in [0.1, 0.15) is 6.61 Å². The molecule has 0 aliphatic carbocycles. The molecule has 7 nitrogen and oxygen atoms in total. The van der Waals surface area contributed by atoms with Crippen LogP contribution in [0, 0.1) is 0 Å². The topological polar surface area (TPSA) is 70.8 Å². The molecule has 3 heterocycles. The van der Waals surface area contributed by atoms with Gasteiger partial charge in [-0.25, -0.2) is 0 Å². The third-order valence-electron chi connectivity index (χ3n) is 3.88. The molecule has 0 saturated carbocycles. The summed E-state index contributed by atoms with van der Waals surface area (Å²) in [6.07, 6.45) is 0. The number of rotatable bonds is 4. The molecule has 1 N–H and O–H groups in total. The average molecular weight is 280 g/mol. The number of aromatic nitrogens is 1. The maximum absolute atomic E-state index is 12.2. The molecule has 0 radical (unpaired) electrons. The van der Waals surface area contributed by atoms with E-state index in [0.29, 0.717) is 24.1 Å². The zero-order valence-corrected chi connectivity index (χ0v) is 11.7. The zero-order chi connectivity index (χ0) is 13.9. The van der Waals surface area contributed by atoms with Gasteiger partial charge in [0.05, 0.1) is 0 Å². The van der Waals surface area contributed by atoms with Crippen LogP contribution in [0.3, 0.4) is 0 Å². The maximum Gasteiger partial charge on any atom is 0.276 e. The van der Waals surface area contributed by atoms with E-state index in [0.717, 1.165) is 39.3 Å². The minimum Gasteiger partial charge on any atom is -0.377 e. The third kappa shape index (κ3) is 2.70. The van der Waals surface area contributed by atoms with Crippen LogP contribution in [-0.2, 0) is 11.3 Å². The van der Waals surface area contributed by atoms with Crippen molar-refractivity contribution in [2.24, 2.45) is 0 Å². The van der Waals surface area contributed by atoms with Crippen molar-refractivity contribution in [3.8, 4) is 0 Å². The quantitative estimate of drug-likeness (QED) is 0.805.